The summed E-state index contributed by atoms with van der Waals surface area (Å²) >= 11 is 0.890. The Kier molecular flexibility index (Phi) is 16.6. The smallest absolute Gasteiger partial charge is 0.414 e. The van der Waals surface area contributed by atoms with Gasteiger partial charge in [0.05, 0.1) is 42.3 Å². The molecule has 69 heavy (non-hydrogen) atoms. The maximum atomic E-state index is 13.6. The zero-order valence-corrected chi connectivity index (χ0v) is 40.5. The van der Waals surface area contributed by atoms with Crippen molar-refractivity contribution in [2.75, 3.05) is 52.4 Å². The molecule has 0 atom stereocenters. The lowest BCUT2D eigenvalue weighted by molar-refractivity contribution is -0.387. The van der Waals surface area contributed by atoms with E-state index in [-0.39, 0.29) is 120 Å². The minimum atomic E-state index is -0.543. The van der Waals surface area contributed by atoms with Crippen LogP contribution in [0, 0.1) is 20.2 Å². The standard InChI is InChI=1S/C52H56N6O10S/c1-33(2)39-13-9-11-15-41(39)47-37(19-23-45(59)53-25-29-55(30-26-53)51(61)67-35(5)6)17-21-43(49(47)57(63)64)69-44-22-18-38(48(50(44)58(65)66)42-16-12-10-14-40(42)34(3)4)20-24-46(60)54-27-31-56(32-28-54)52(62)68-36(7)8/h9-24,33-34H,5,7,25-32H2,1-4,6,8H3/b23-19+,24-20+. The minimum absolute atomic E-state index is 0.0596. The fourth-order valence-corrected chi connectivity index (χ4v) is 9.36. The number of carbonyl (C=O) groups excluding carboxylic acids is 4. The molecule has 17 heteroatoms. The Morgan fingerprint density at radius 2 is 0.899 bits per heavy atom. The monoisotopic (exact) mass is 956 g/mol. The summed E-state index contributed by atoms with van der Waals surface area (Å²) in [5.74, 6) is -0.301. The molecule has 2 fully saturated rings. The SMILES string of the molecule is C=C(C)OC(=O)N1CCN(C(=O)/C=C/c2ccc(Sc3ccc(/C=C/C(=O)N4CCN(C(=O)OC(=C)C)CC4)c(-c4ccccc4C(C)C)c3[N+](=O)[O-])c([N+](=O)[O-])c2-c2ccccc2C(C)C)CC1. The van der Waals surface area contributed by atoms with Gasteiger partial charge in [0.2, 0.25) is 11.8 Å². The fraction of sp³-hybridized carbons (Fsp3) is 0.308. The molecule has 0 saturated carbocycles. The van der Waals surface area contributed by atoms with Crippen LogP contribution in [0.25, 0.3) is 34.4 Å². The number of nitrogens with zero attached hydrogens (tertiary/aromatic N) is 6. The Balaban J connectivity index is 1.42. The third-order valence-corrected chi connectivity index (χ3v) is 12.8. The van der Waals surface area contributed by atoms with Gasteiger partial charge in [-0.25, -0.2) is 9.59 Å². The lowest BCUT2D eigenvalue weighted by Crippen LogP contribution is -2.50. The van der Waals surface area contributed by atoms with Crippen LogP contribution < -0.4 is 0 Å². The minimum Gasteiger partial charge on any atom is -0.416 e. The van der Waals surface area contributed by atoms with Crippen molar-refractivity contribution < 1.29 is 38.5 Å². The zero-order chi connectivity index (χ0) is 50.1. The van der Waals surface area contributed by atoms with Gasteiger partial charge in [-0.05, 0) is 83.3 Å². The summed E-state index contributed by atoms with van der Waals surface area (Å²) in [5.41, 5.74) is 3.43. The number of nitro groups is 2. The van der Waals surface area contributed by atoms with Crippen molar-refractivity contribution in [2.45, 2.75) is 63.2 Å². The van der Waals surface area contributed by atoms with Crippen LogP contribution in [0.5, 0.6) is 0 Å². The average Bonchev–Trinajstić information content (AvgIpc) is 3.31. The van der Waals surface area contributed by atoms with Crippen molar-refractivity contribution in [3.63, 3.8) is 0 Å². The van der Waals surface area contributed by atoms with Crippen LogP contribution in [-0.4, -0.2) is 106 Å². The maximum Gasteiger partial charge on any atom is 0.414 e. The molecule has 4 aromatic carbocycles. The van der Waals surface area contributed by atoms with Gasteiger partial charge in [0.1, 0.15) is 0 Å². The van der Waals surface area contributed by atoms with E-state index < -0.39 is 22.0 Å². The van der Waals surface area contributed by atoms with E-state index in [0.29, 0.717) is 22.3 Å². The Bertz CT molecular complexity index is 2560. The molecule has 2 aliphatic heterocycles. The summed E-state index contributed by atoms with van der Waals surface area (Å²) < 4.78 is 10.2. The van der Waals surface area contributed by atoms with Gasteiger partial charge in [0, 0.05) is 64.5 Å². The molecule has 4 aromatic rings. The third kappa shape index (κ3) is 12.1. The number of hydrogen-bond acceptors (Lipinski definition) is 11. The highest BCUT2D eigenvalue weighted by atomic mass is 32.2. The van der Waals surface area contributed by atoms with Gasteiger partial charge in [0.25, 0.3) is 11.4 Å². The van der Waals surface area contributed by atoms with E-state index in [1.165, 1.54) is 34.1 Å². The van der Waals surface area contributed by atoms with Gasteiger partial charge in [0.15, 0.2) is 0 Å². The molecule has 16 nitrogen and oxygen atoms in total. The number of benzene rings is 4. The first kappa shape index (κ1) is 50.9. The number of ether oxygens (including phenoxy) is 2. The lowest BCUT2D eigenvalue weighted by Gasteiger charge is -2.33. The Morgan fingerprint density at radius 1 is 0.565 bits per heavy atom. The normalized spacial score (nSPS) is 14.1. The highest BCUT2D eigenvalue weighted by Gasteiger charge is 2.32. The number of amides is 4. The van der Waals surface area contributed by atoms with Gasteiger partial charge in [-0.15, -0.1) is 0 Å². The Hall–Kier alpha value is -7.53. The Labute approximate surface area is 405 Å². The Morgan fingerprint density at radius 3 is 1.22 bits per heavy atom. The molecule has 2 saturated heterocycles. The topological polar surface area (TPSA) is 186 Å². The molecule has 360 valence electrons. The largest absolute Gasteiger partial charge is 0.416 e. The van der Waals surface area contributed by atoms with Crippen molar-refractivity contribution >= 4 is 59.3 Å². The quantitative estimate of drug-likeness (QED) is 0.0507. The second-order valence-electron chi connectivity index (χ2n) is 17.3. The highest BCUT2D eigenvalue weighted by Crippen LogP contribution is 2.50. The summed E-state index contributed by atoms with van der Waals surface area (Å²) in [7, 11) is 0. The number of carbonyl (C=O) groups is 4. The van der Waals surface area contributed by atoms with E-state index in [2.05, 4.69) is 13.2 Å². The molecule has 0 aliphatic carbocycles. The molecule has 0 unspecified atom stereocenters. The molecule has 0 bridgehead atoms. The van der Waals surface area contributed by atoms with Crippen LogP contribution in [0.1, 0.15) is 75.6 Å². The van der Waals surface area contributed by atoms with Crippen LogP contribution in [0.15, 0.2) is 119 Å². The number of hydrogen-bond donors (Lipinski definition) is 0. The molecule has 0 spiro atoms. The zero-order valence-electron chi connectivity index (χ0n) is 39.6. The molecule has 0 aromatic heterocycles. The fourth-order valence-electron chi connectivity index (χ4n) is 8.30. The molecule has 0 N–H and O–H groups in total. The predicted octanol–water partition coefficient (Wildman–Crippen LogP) is 10.9. The molecule has 2 aliphatic rings. The van der Waals surface area contributed by atoms with Gasteiger partial charge in [-0.3, -0.25) is 29.8 Å². The first-order chi connectivity index (χ1) is 32.9. The molecule has 2 heterocycles. The number of rotatable bonds is 14. The molecular formula is C52H56N6O10S. The van der Waals surface area contributed by atoms with Gasteiger partial charge >= 0.3 is 12.2 Å². The van der Waals surface area contributed by atoms with Gasteiger partial charge in [-0.1, -0.05) is 113 Å². The van der Waals surface area contributed by atoms with E-state index in [1.54, 1.807) is 72.2 Å². The number of allylic oxidation sites excluding steroid dienone is 2. The second-order valence-corrected chi connectivity index (χ2v) is 18.4. The van der Waals surface area contributed by atoms with Crippen LogP contribution in [0.3, 0.4) is 0 Å². The van der Waals surface area contributed by atoms with Crippen LogP contribution in [-0.2, 0) is 19.1 Å². The second kappa shape index (κ2) is 22.5. The first-order valence-corrected chi connectivity index (χ1v) is 23.4. The number of piperazine rings is 2. The molecular weight excluding hydrogens is 901 g/mol. The van der Waals surface area contributed by atoms with E-state index in [9.17, 15) is 39.4 Å². The molecule has 4 amide bonds. The van der Waals surface area contributed by atoms with E-state index in [0.717, 1.165) is 22.9 Å². The average molecular weight is 957 g/mol. The van der Waals surface area contributed by atoms with E-state index in [1.807, 2.05) is 52.0 Å². The summed E-state index contributed by atoms with van der Waals surface area (Å²) in [6.07, 6.45) is 4.72. The van der Waals surface area contributed by atoms with Gasteiger partial charge < -0.3 is 29.1 Å². The number of nitro benzene ring substituents is 2. The van der Waals surface area contributed by atoms with Crippen molar-refractivity contribution in [3.8, 4) is 22.3 Å². The van der Waals surface area contributed by atoms with Gasteiger partial charge in [-0.2, -0.15) is 0 Å². The summed E-state index contributed by atoms with van der Waals surface area (Å²) in [6, 6.07) is 21.0. The summed E-state index contributed by atoms with van der Waals surface area (Å²) in [5, 5.41) is 26.9. The third-order valence-electron chi connectivity index (χ3n) is 11.7. The van der Waals surface area contributed by atoms with Crippen molar-refractivity contribution in [3.05, 3.63) is 152 Å². The predicted molar refractivity (Wildman–Crippen MR) is 266 cm³/mol. The lowest BCUT2D eigenvalue weighted by atomic mass is 9.89. The van der Waals surface area contributed by atoms with Crippen LogP contribution >= 0.6 is 11.8 Å². The summed E-state index contributed by atoms with van der Waals surface area (Å²) in [4.78, 5) is 84.3. The van der Waals surface area contributed by atoms with E-state index >= 15 is 0 Å². The van der Waals surface area contributed by atoms with Crippen molar-refractivity contribution in [1.29, 1.82) is 0 Å². The van der Waals surface area contributed by atoms with E-state index in [4.69, 9.17) is 9.47 Å². The van der Waals surface area contributed by atoms with Crippen LogP contribution in [0.4, 0.5) is 21.0 Å². The van der Waals surface area contributed by atoms with Crippen molar-refractivity contribution in [2.24, 2.45) is 0 Å². The summed E-state index contributed by atoms with van der Waals surface area (Å²) in [6.45, 7) is 20.2. The molecule has 0 radical (unpaired) electrons. The molecule has 6 rings (SSSR count). The maximum absolute atomic E-state index is 13.6. The van der Waals surface area contributed by atoms with Crippen molar-refractivity contribution in [1.82, 2.24) is 19.6 Å². The first-order valence-electron chi connectivity index (χ1n) is 22.5. The highest BCUT2D eigenvalue weighted by molar-refractivity contribution is 7.99. The van der Waals surface area contributed by atoms with Crippen LogP contribution in [0.2, 0.25) is 0 Å².